The van der Waals surface area contributed by atoms with Gasteiger partial charge in [-0.15, -0.1) is 0 Å². The molecule has 1 heterocycles. The summed E-state index contributed by atoms with van der Waals surface area (Å²) in [5, 5.41) is 0. The first-order valence-electron chi connectivity index (χ1n) is 4.98. The van der Waals surface area contributed by atoms with Gasteiger partial charge in [-0.05, 0) is 19.1 Å². The Morgan fingerprint density at radius 2 is 1.67 bits per heavy atom. The van der Waals surface area contributed by atoms with Crippen LogP contribution in [0.3, 0.4) is 0 Å². The lowest BCUT2D eigenvalue weighted by atomic mass is 10.3. The molecule has 1 aromatic carbocycles. The maximum Gasteiger partial charge on any atom is 0.325 e. The molecule has 7 heteroatoms. The second-order valence-corrected chi connectivity index (χ2v) is 5.68. The molecule has 0 aliphatic heterocycles. The van der Waals surface area contributed by atoms with Gasteiger partial charge in [0, 0.05) is 0 Å². The minimum absolute atomic E-state index is 0.0333. The molecule has 0 fully saturated rings. The summed E-state index contributed by atoms with van der Waals surface area (Å²) in [6.45, 7) is 1.67. The van der Waals surface area contributed by atoms with Crippen LogP contribution in [0.15, 0.2) is 30.3 Å². The van der Waals surface area contributed by atoms with Crippen molar-refractivity contribution in [1.82, 2.24) is 15.0 Å². The van der Waals surface area contributed by atoms with Crippen LogP contribution in [0.25, 0.3) is 0 Å². The Labute approximate surface area is 119 Å². The molecular weight excluding hydrogens is 296 g/mol. The zero-order valence-corrected chi connectivity index (χ0v) is 11.5. The van der Waals surface area contributed by atoms with E-state index in [9.17, 15) is 0 Å². The third-order valence-corrected chi connectivity index (χ3v) is 2.44. The number of hydrogen-bond donors (Lipinski definition) is 0. The fourth-order valence-electron chi connectivity index (χ4n) is 1.22. The van der Waals surface area contributed by atoms with Gasteiger partial charge in [0.15, 0.2) is 5.82 Å². The van der Waals surface area contributed by atoms with Crippen LogP contribution in [0, 0.1) is 6.92 Å². The summed E-state index contributed by atoms with van der Waals surface area (Å²) in [5.41, 5.74) is 0. The van der Waals surface area contributed by atoms with E-state index in [1.165, 1.54) is 0 Å². The molecule has 18 heavy (non-hydrogen) atoms. The molecule has 2 aromatic rings. The molecule has 4 nitrogen and oxygen atoms in total. The van der Waals surface area contributed by atoms with Crippen molar-refractivity contribution >= 4 is 34.8 Å². The van der Waals surface area contributed by atoms with Crippen LogP contribution in [0.2, 0.25) is 0 Å². The first-order chi connectivity index (χ1) is 8.45. The molecule has 0 N–H and O–H groups in total. The normalized spacial score (nSPS) is 11.3. The van der Waals surface area contributed by atoms with Gasteiger partial charge in [-0.25, -0.2) is 4.98 Å². The van der Waals surface area contributed by atoms with Crippen LogP contribution in [0.4, 0.5) is 0 Å². The molecule has 2 rings (SSSR count). The van der Waals surface area contributed by atoms with Gasteiger partial charge >= 0.3 is 6.01 Å². The van der Waals surface area contributed by atoms with Gasteiger partial charge in [0.25, 0.3) is 0 Å². The van der Waals surface area contributed by atoms with Crippen molar-refractivity contribution in [3.63, 3.8) is 0 Å². The Morgan fingerprint density at radius 3 is 2.28 bits per heavy atom. The second kappa shape index (κ2) is 5.26. The predicted octanol–water partition coefficient (Wildman–Crippen LogP) is 3.80. The number of benzene rings is 1. The number of aryl methyl sites for hydroxylation is 1. The molecule has 0 amide bonds. The van der Waals surface area contributed by atoms with E-state index in [1.54, 1.807) is 19.1 Å². The van der Waals surface area contributed by atoms with Crippen LogP contribution in [0.5, 0.6) is 11.8 Å². The first kappa shape index (κ1) is 13.3. The quantitative estimate of drug-likeness (QED) is 0.792. The van der Waals surface area contributed by atoms with Crippen molar-refractivity contribution in [2.75, 3.05) is 0 Å². The molecule has 0 saturated heterocycles. The number of aromatic nitrogens is 3. The minimum atomic E-state index is -1.71. The van der Waals surface area contributed by atoms with Crippen molar-refractivity contribution in [2.45, 2.75) is 10.7 Å². The first-order valence-corrected chi connectivity index (χ1v) is 6.11. The molecular formula is C11H8Cl3N3O. The van der Waals surface area contributed by atoms with E-state index in [0.717, 1.165) is 0 Å². The standard InChI is InChI=1S/C11H8Cl3N3O/c1-7-15-9(11(12,13)14)17-10(16-7)18-8-5-3-2-4-6-8/h2-6H,1H3. The van der Waals surface area contributed by atoms with Crippen molar-refractivity contribution in [2.24, 2.45) is 0 Å². The summed E-state index contributed by atoms with van der Waals surface area (Å²) < 4.78 is 3.75. The Balaban J connectivity index is 2.32. The van der Waals surface area contributed by atoms with Crippen molar-refractivity contribution < 1.29 is 4.74 Å². The highest BCUT2D eigenvalue weighted by Gasteiger charge is 2.28. The predicted molar refractivity (Wildman–Crippen MR) is 70.3 cm³/mol. The number of halogens is 3. The SMILES string of the molecule is Cc1nc(Oc2ccccc2)nc(C(Cl)(Cl)Cl)n1. The molecule has 0 unspecified atom stereocenters. The average Bonchev–Trinajstić information content (AvgIpc) is 2.28. The number of alkyl halides is 3. The summed E-state index contributed by atoms with van der Waals surface area (Å²) in [6.07, 6.45) is 0. The molecule has 0 spiro atoms. The largest absolute Gasteiger partial charge is 0.424 e. The topological polar surface area (TPSA) is 47.9 Å². The highest BCUT2D eigenvalue weighted by Crippen LogP contribution is 2.36. The monoisotopic (exact) mass is 303 g/mol. The third-order valence-electron chi connectivity index (χ3n) is 1.93. The molecule has 94 valence electrons. The smallest absolute Gasteiger partial charge is 0.325 e. The maximum atomic E-state index is 5.73. The molecule has 0 aliphatic carbocycles. The summed E-state index contributed by atoms with van der Waals surface area (Å²) >= 11 is 17.2. The Hall–Kier alpha value is -1.10. The molecule has 0 saturated carbocycles. The molecule has 0 bridgehead atoms. The average molecular weight is 305 g/mol. The lowest BCUT2D eigenvalue weighted by molar-refractivity contribution is 0.434. The summed E-state index contributed by atoms with van der Waals surface area (Å²) in [5.74, 6) is 1.04. The van der Waals surface area contributed by atoms with Gasteiger partial charge in [0.2, 0.25) is 3.79 Å². The van der Waals surface area contributed by atoms with Gasteiger partial charge in [-0.1, -0.05) is 53.0 Å². The van der Waals surface area contributed by atoms with E-state index in [0.29, 0.717) is 11.6 Å². The van der Waals surface area contributed by atoms with E-state index < -0.39 is 3.79 Å². The fourth-order valence-corrected chi connectivity index (χ4v) is 1.48. The van der Waals surface area contributed by atoms with Gasteiger partial charge in [-0.2, -0.15) is 9.97 Å². The number of hydrogen-bond acceptors (Lipinski definition) is 4. The fraction of sp³-hybridized carbons (Fsp3) is 0.182. The number of nitrogens with zero attached hydrogens (tertiary/aromatic N) is 3. The van der Waals surface area contributed by atoms with E-state index in [4.69, 9.17) is 39.5 Å². The highest BCUT2D eigenvalue weighted by atomic mass is 35.6. The van der Waals surface area contributed by atoms with E-state index in [1.807, 2.05) is 18.2 Å². The van der Waals surface area contributed by atoms with Crippen molar-refractivity contribution in [3.05, 3.63) is 42.0 Å². The Kier molecular flexibility index (Phi) is 3.90. The maximum absolute atomic E-state index is 5.73. The van der Waals surface area contributed by atoms with E-state index in [2.05, 4.69) is 15.0 Å². The van der Waals surface area contributed by atoms with Crippen LogP contribution < -0.4 is 4.74 Å². The lowest BCUT2D eigenvalue weighted by Gasteiger charge is -2.11. The van der Waals surface area contributed by atoms with Gasteiger partial charge < -0.3 is 4.74 Å². The van der Waals surface area contributed by atoms with E-state index >= 15 is 0 Å². The number of rotatable bonds is 2. The van der Waals surface area contributed by atoms with E-state index in [-0.39, 0.29) is 11.8 Å². The third kappa shape index (κ3) is 3.45. The zero-order valence-electron chi connectivity index (χ0n) is 9.27. The van der Waals surface area contributed by atoms with Crippen molar-refractivity contribution in [3.8, 4) is 11.8 Å². The van der Waals surface area contributed by atoms with Crippen LogP contribution in [-0.2, 0) is 3.79 Å². The Bertz CT molecular complexity index is 543. The second-order valence-electron chi connectivity index (χ2n) is 3.40. The summed E-state index contributed by atoms with van der Waals surface area (Å²) in [6, 6.07) is 9.17. The van der Waals surface area contributed by atoms with Crippen LogP contribution >= 0.6 is 34.8 Å². The molecule has 0 aliphatic rings. The van der Waals surface area contributed by atoms with Crippen LogP contribution in [-0.4, -0.2) is 15.0 Å². The van der Waals surface area contributed by atoms with Crippen molar-refractivity contribution in [1.29, 1.82) is 0 Å². The number of para-hydroxylation sites is 1. The van der Waals surface area contributed by atoms with Gasteiger partial charge in [-0.3, -0.25) is 0 Å². The molecule has 0 radical (unpaired) electrons. The molecule has 1 aromatic heterocycles. The summed E-state index contributed by atoms with van der Waals surface area (Å²) in [7, 11) is 0. The van der Waals surface area contributed by atoms with Gasteiger partial charge in [0.1, 0.15) is 11.6 Å². The lowest BCUT2D eigenvalue weighted by Crippen LogP contribution is -2.10. The summed E-state index contributed by atoms with van der Waals surface area (Å²) in [4.78, 5) is 11.9. The highest BCUT2D eigenvalue weighted by molar-refractivity contribution is 6.66. The Morgan fingerprint density at radius 1 is 1.00 bits per heavy atom. The number of ether oxygens (including phenoxy) is 1. The van der Waals surface area contributed by atoms with Crippen LogP contribution in [0.1, 0.15) is 11.6 Å². The minimum Gasteiger partial charge on any atom is -0.424 e. The van der Waals surface area contributed by atoms with Gasteiger partial charge in [0.05, 0.1) is 0 Å². The zero-order chi connectivity index (χ0) is 13.2. The molecule has 0 atom stereocenters.